The highest BCUT2D eigenvalue weighted by atomic mass is 35.5. The van der Waals surface area contributed by atoms with Gasteiger partial charge < -0.3 is 34.2 Å². The molecule has 0 saturated carbocycles. The Morgan fingerprint density at radius 2 is 1.53 bits per heavy atom. The van der Waals surface area contributed by atoms with Gasteiger partial charge in [0.2, 0.25) is 12.0 Å². The predicted molar refractivity (Wildman–Crippen MR) is 150 cm³/mol. The highest BCUT2D eigenvalue weighted by molar-refractivity contribution is 7.99. The summed E-state index contributed by atoms with van der Waals surface area (Å²) in [6, 6.07) is 17.6. The SMILES string of the molecule is COc1cc(C2CCC(c3ccc(OC(CSc4ccc(Cl)cc4)OC)c(CN)c3)O2)cc(OC)c1OC. The second-order valence-electron chi connectivity index (χ2n) is 8.77. The van der Waals surface area contributed by atoms with Gasteiger partial charge in [0.25, 0.3) is 0 Å². The molecular weight excluding hydrogens is 526 g/mol. The molecule has 1 fully saturated rings. The van der Waals surface area contributed by atoms with Crippen molar-refractivity contribution in [3.63, 3.8) is 0 Å². The van der Waals surface area contributed by atoms with Crippen LogP contribution in [-0.2, 0) is 16.0 Å². The molecular formula is C29H34ClNO6S. The van der Waals surface area contributed by atoms with E-state index in [1.165, 1.54) is 0 Å². The zero-order valence-corrected chi connectivity index (χ0v) is 23.6. The Balaban J connectivity index is 1.44. The second-order valence-corrected chi connectivity index (χ2v) is 10.3. The molecule has 9 heteroatoms. The Bertz CT molecular complexity index is 1180. The van der Waals surface area contributed by atoms with Crippen molar-refractivity contribution in [2.24, 2.45) is 5.73 Å². The zero-order valence-electron chi connectivity index (χ0n) is 22.1. The third-order valence-corrected chi connectivity index (χ3v) is 7.77. The van der Waals surface area contributed by atoms with Gasteiger partial charge in [-0.05, 0) is 72.5 Å². The number of thioether (sulfide) groups is 1. The molecule has 2 N–H and O–H groups in total. The first-order valence-corrected chi connectivity index (χ1v) is 13.7. The molecule has 3 unspecified atom stereocenters. The molecule has 0 spiro atoms. The highest BCUT2D eigenvalue weighted by Crippen LogP contribution is 2.46. The average Bonchev–Trinajstić information content (AvgIpc) is 3.45. The number of hydrogen-bond acceptors (Lipinski definition) is 8. The van der Waals surface area contributed by atoms with Crippen LogP contribution in [0.5, 0.6) is 23.0 Å². The van der Waals surface area contributed by atoms with Crippen molar-refractivity contribution in [1.29, 1.82) is 0 Å². The monoisotopic (exact) mass is 559 g/mol. The Kier molecular flexibility index (Phi) is 10.0. The first-order chi connectivity index (χ1) is 18.5. The summed E-state index contributed by atoms with van der Waals surface area (Å²) in [5.41, 5.74) is 9.06. The van der Waals surface area contributed by atoms with Gasteiger partial charge in [0.05, 0.1) is 39.3 Å². The number of hydrogen-bond donors (Lipinski definition) is 1. The molecule has 1 saturated heterocycles. The minimum atomic E-state index is -0.432. The maximum Gasteiger partial charge on any atom is 0.209 e. The van der Waals surface area contributed by atoms with E-state index in [0.29, 0.717) is 40.3 Å². The van der Waals surface area contributed by atoms with Crippen molar-refractivity contribution in [3.8, 4) is 23.0 Å². The lowest BCUT2D eigenvalue weighted by Crippen LogP contribution is -2.22. The van der Waals surface area contributed by atoms with Crippen LogP contribution in [0.3, 0.4) is 0 Å². The fourth-order valence-corrected chi connectivity index (χ4v) is 5.46. The van der Waals surface area contributed by atoms with Gasteiger partial charge in [0.15, 0.2) is 11.5 Å². The van der Waals surface area contributed by atoms with Crippen molar-refractivity contribution in [2.75, 3.05) is 34.2 Å². The normalized spacial score (nSPS) is 17.7. The van der Waals surface area contributed by atoms with Gasteiger partial charge in [0, 0.05) is 29.1 Å². The molecule has 1 aliphatic rings. The summed E-state index contributed by atoms with van der Waals surface area (Å²) in [7, 11) is 6.46. The Morgan fingerprint density at radius 1 is 0.868 bits per heavy atom. The summed E-state index contributed by atoms with van der Waals surface area (Å²) in [5.74, 6) is 3.12. The number of halogens is 1. The lowest BCUT2D eigenvalue weighted by Gasteiger charge is -2.21. The maximum absolute atomic E-state index is 6.47. The lowest BCUT2D eigenvalue weighted by atomic mass is 10.0. The number of methoxy groups -OCH3 is 4. The fourth-order valence-electron chi connectivity index (χ4n) is 4.48. The van der Waals surface area contributed by atoms with Gasteiger partial charge in [-0.3, -0.25) is 0 Å². The van der Waals surface area contributed by atoms with Gasteiger partial charge in [0.1, 0.15) is 5.75 Å². The Morgan fingerprint density at radius 3 is 2.11 bits per heavy atom. The van der Waals surface area contributed by atoms with Crippen LogP contribution >= 0.6 is 23.4 Å². The van der Waals surface area contributed by atoms with Crippen LogP contribution in [0.1, 0.15) is 41.7 Å². The van der Waals surface area contributed by atoms with Crippen molar-refractivity contribution in [1.82, 2.24) is 0 Å². The van der Waals surface area contributed by atoms with E-state index in [-0.39, 0.29) is 12.2 Å². The average molecular weight is 560 g/mol. The van der Waals surface area contributed by atoms with E-state index in [0.717, 1.165) is 34.4 Å². The smallest absolute Gasteiger partial charge is 0.209 e. The molecule has 0 bridgehead atoms. The predicted octanol–water partition coefficient (Wildman–Crippen LogP) is 6.56. The molecule has 204 valence electrons. The van der Waals surface area contributed by atoms with Crippen LogP contribution in [0, 0.1) is 0 Å². The van der Waals surface area contributed by atoms with E-state index >= 15 is 0 Å². The van der Waals surface area contributed by atoms with Crippen molar-refractivity contribution < 1.29 is 28.4 Å². The number of ether oxygens (including phenoxy) is 6. The molecule has 4 rings (SSSR count). The summed E-state index contributed by atoms with van der Waals surface area (Å²) in [4.78, 5) is 1.09. The second kappa shape index (κ2) is 13.4. The van der Waals surface area contributed by atoms with Crippen molar-refractivity contribution >= 4 is 23.4 Å². The van der Waals surface area contributed by atoms with Gasteiger partial charge >= 0.3 is 0 Å². The standard InChI is InChI=1S/C29H34ClNO6S/c1-32-26-14-19(15-27(33-2)29(26)35-4)24-12-11-23(36-24)18-5-10-25(20(13-18)16-31)37-28(34-3)17-38-22-8-6-21(30)7-9-22/h5-10,13-15,23-24,28H,11-12,16-17,31H2,1-4H3. The van der Waals surface area contributed by atoms with Gasteiger partial charge in [-0.1, -0.05) is 17.7 Å². The third-order valence-electron chi connectivity index (χ3n) is 6.48. The molecule has 1 aliphatic heterocycles. The van der Waals surface area contributed by atoms with Crippen LogP contribution in [0.2, 0.25) is 5.02 Å². The number of rotatable bonds is 12. The van der Waals surface area contributed by atoms with Gasteiger partial charge in [-0.25, -0.2) is 0 Å². The van der Waals surface area contributed by atoms with Crippen molar-refractivity contribution in [3.05, 3.63) is 76.3 Å². The topological polar surface area (TPSA) is 81.4 Å². The molecule has 1 heterocycles. The lowest BCUT2D eigenvalue weighted by molar-refractivity contribution is -0.0350. The summed E-state index contributed by atoms with van der Waals surface area (Å²) in [5, 5.41) is 0.711. The summed E-state index contributed by atoms with van der Waals surface area (Å²) >= 11 is 7.62. The fraction of sp³-hybridized carbons (Fsp3) is 0.379. The van der Waals surface area contributed by atoms with Crippen LogP contribution < -0.4 is 24.7 Å². The third kappa shape index (κ3) is 6.68. The van der Waals surface area contributed by atoms with E-state index in [9.17, 15) is 0 Å². The molecule has 0 aliphatic carbocycles. The minimum Gasteiger partial charge on any atom is -0.493 e. The van der Waals surface area contributed by atoms with Crippen LogP contribution in [0.4, 0.5) is 0 Å². The molecule has 3 aromatic rings. The van der Waals surface area contributed by atoms with Crippen molar-refractivity contribution in [2.45, 2.75) is 42.8 Å². The highest BCUT2D eigenvalue weighted by Gasteiger charge is 2.30. The molecule has 7 nitrogen and oxygen atoms in total. The van der Waals surface area contributed by atoms with Crippen LogP contribution in [-0.4, -0.2) is 40.5 Å². The molecule has 0 amide bonds. The van der Waals surface area contributed by atoms with E-state index in [4.69, 9.17) is 45.8 Å². The van der Waals surface area contributed by atoms with E-state index < -0.39 is 6.29 Å². The molecule has 0 radical (unpaired) electrons. The van der Waals surface area contributed by atoms with E-state index in [1.807, 2.05) is 48.5 Å². The Hall–Kier alpha value is -2.62. The quantitative estimate of drug-likeness (QED) is 0.197. The molecule has 3 aromatic carbocycles. The van der Waals surface area contributed by atoms with E-state index in [2.05, 4.69) is 6.07 Å². The summed E-state index contributed by atoms with van der Waals surface area (Å²) in [6.45, 7) is 0.340. The first kappa shape index (κ1) is 28.4. The zero-order chi connectivity index (χ0) is 27.1. The minimum absolute atomic E-state index is 0.0582. The molecule has 3 atom stereocenters. The van der Waals surface area contributed by atoms with Crippen LogP contribution in [0.25, 0.3) is 0 Å². The molecule has 38 heavy (non-hydrogen) atoms. The number of nitrogens with two attached hydrogens (primary N) is 1. The maximum atomic E-state index is 6.47. The van der Waals surface area contributed by atoms with Gasteiger partial charge in [-0.2, -0.15) is 0 Å². The number of benzene rings is 3. The molecule has 0 aromatic heterocycles. The first-order valence-electron chi connectivity index (χ1n) is 12.4. The summed E-state index contributed by atoms with van der Waals surface area (Å²) < 4.78 is 34.7. The summed E-state index contributed by atoms with van der Waals surface area (Å²) in [6.07, 6.45) is 1.17. The largest absolute Gasteiger partial charge is 0.493 e. The van der Waals surface area contributed by atoms with Crippen LogP contribution in [0.15, 0.2) is 59.5 Å². The van der Waals surface area contributed by atoms with Gasteiger partial charge in [-0.15, -0.1) is 11.8 Å². The van der Waals surface area contributed by atoms with E-state index in [1.54, 1.807) is 40.2 Å². The Labute approximate surface area is 233 Å².